The number of likely N-dealkylation sites (N-methyl/N-ethyl adjacent to an activating group) is 1. The van der Waals surface area contributed by atoms with Gasteiger partial charge in [-0.25, -0.2) is 9.50 Å². The van der Waals surface area contributed by atoms with Gasteiger partial charge in [0.25, 0.3) is 0 Å². The summed E-state index contributed by atoms with van der Waals surface area (Å²) in [5, 5.41) is 13.6. The Kier molecular flexibility index (Phi) is 4.87. The summed E-state index contributed by atoms with van der Waals surface area (Å²) in [5.74, 6) is 0. The lowest BCUT2D eigenvalue weighted by atomic mass is 9.99. The molecule has 8 nitrogen and oxygen atoms in total. The normalized spacial score (nSPS) is 19.1. The second-order valence-electron chi connectivity index (χ2n) is 10.8. The van der Waals surface area contributed by atoms with Gasteiger partial charge in [0.2, 0.25) is 0 Å². The molecule has 0 radical (unpaired) electrons. The van der Waals surface area contributed by atoms with Crippen molar-refractivity contribution >= 4 is 22.2 Å². The molecule has 2 fully saturated rings. The Morgan fingerprint density at radius 2 is 1.82 bits per heavy atom. The van der Waals surface area contributed by atoms with Crippen LogP contribution in [0.5, 0.6) is 0 Å². The number of anilines is 1. The predicted molar refractivity (Wildman–Crippen MR) is 154 cm³/mol. The van der Waals surface area contributed by atoms with Crippen molar-refractivity contribution in [1.82, 2.24) is 34.7 Å². The summed E-state index contributed by atoms with van der Waals surface area (Å²) in [6.07, 6.45) is 8.65. The van der Waals surface area contributed by atoms with Gasteiger partial charge in [0.1, 0.15) is 5.69 Å². The molecule has 4 aromatic heterocycles. The van der Waals surface area contributed by atoms with Gasteiger partial charge in [-0.1, -0.05) is 18.2 Å². The lowest BCUT2D eigenvalue weighted by Gasteiger charge is -2.34. The van der Waals surface area contributed by atoms with Gasteiger partial charge in [-0.05, 0) is 67.9 Å². The molecule has 6 heterocycles. The summed E-state index contributed by atoms with van der Waals surface area (Å²) in [6, 6.07) is 20.4. The third-order valence-corrected chi connectivity index (χ3v) is 8.56. The van der Waals surface area contributed by atoms with Gasteiger partial charge in [-0.2, -0.15) is 10.2 Å². The third-order valence-electron chi connectivity index (χ3n) is 8.56. The first kappa shape index (κ1) is 22.4. The van der Waals surface area contributed by atoms with E-state index in [0.717, 1.165) is 63.3 Å². The van der Waals surface area contributed by atoms with Crippen LogP contribution in [-0.4, -0.2) is 66.9 Å². The number of piperazine rings is 1. The highest BCUT2D eigenvalue weighted by Crippen LogP contribution is 2.40. The summed E-state index contributed by atoms with van der Waals surface area (Å²) in [5.41, 5.74) is 10.4. The van der Waals surface area contributed by atoms with Crippen LogP contribution in [0.3, 0.4) is 0 Å². The molecule has 0 spiro atoms. The van der Waals surface area contributed by atoms with Crippen LogP contribution < -0.4 is 4.90 Å². The smallest absolute Gasteiger partial charge is 0.164 e. The lowest BCUT2D eigenvalue weighted by molar-refractivity contribution is 0.292. The fraction of sp³-hybridized carbons (Fsp3) is 0.226. The number of likely N-dealkylation sites (tertiary alicyclic amines) is 1. The maximum atomic E-state index is 5.19. The Hall–Kier alpha value is -4.56. The van der Waals surface area contributed by atoms with Crippen molar-refractivity contribution in [1.29, 1.82) is 0 Å². The molecule has 2 aliphatic heterocycles. The molecule has 2 bridgehead atoms. The summed E-state index contributed by atoms with van der Waals surface area (Å²) in [4.78, 5) is 14.2. The van der Waals surface area contributed by atoms with Crippen LogP contribution in [0.25, 0.3) is 50.2 Å². The standard InChI is InChI=1S/C31H28N8/c1-19-14-21(38-18-22-15-23(38)17-37(22)2)6-7-24(19)28-10-13-33-31-29(25-4-3-5-27-26(25)16-34-35-27)30(36-39(28)31)20-8-11-32-12-9-20/h3-14,16,22-23H,15,17-18H2,1-2H3,(H,34,35)/t22-,23-/m1/s1. The van der Waals surface area contributed by atoms with E-state index < -0.39 is 0 Å². The third kappa shape index (κ3) is 3.41. The van der Waals surface area contributed by atoms with Gasteiger partial charge in [0, 0.05) is 66.0 Å². The van der Waals surface area contributed by atoms with E-state index >= 15 is 0 Å². The van der Waals surface area contributed by atoms with Crippen molar-refractivity contribution in [3.63, 3.8) is 0 Å². The minimum Gasteiger partial charge on any atom is -0.366 e. The molecule has 6 aromatic rings. The van der Waals surface area contributed by atoms with Crippen molar-refractivity contribution in [3.8, 4) is 33.6 Å². The average molecular weight is 513 g/mol. The number of benzene rings is 2. The lowest BCUT2D eigenvalue weighted by Crippen LogP contribution is -2.44. The molecule has 39 heavy (non-hydrogen) atoms. The number of hydrogen-bond acceptors (Lipinski definition) is 6. The molecule has 0 saturated carbocycles. The van der Waals surface area contributed by atoms with Gasteiger partial charge in [-0.15, -0.1) is 0 Å². The number of hydrogen-bond donors (Lipinski definition) is 1. The number of nitrogens with one attached hydrogen (secondary N) is 1. The van der Waals surface area contributed by atoms with Gasteiger partial charge in [0.15, 0.2) is 5.65 Å². The molecule has 2 aromatic carbocycles. The van der Waals surface area contributed by atoms with E-state index in [4.69, 9.17) is 10.1 Å². The molecule has 2 saturated heterocycles. The van der Waals surface area contributed by atoms with E-state index in [2.05, 4.69) is 69.3 Å². The van der Waals surface area contributed by atoms with Crippen molar-refractivity contribution in [2.75, 3.05) is 25.0 Å². The molecular formula is C31H28N8. The van der Waals surface area contributed by atoms with Crippen LogP contribution in [0.2, 0.25) is 0 Å². The molecule has 2 aliphatic rings. The quantitative estimate of drug-likeness (QED) is 0.350. The first-order valence-corrected chi connectivity index (χ1v) is 13.4. The highest BCUT2D eigenvalue weighted by molar-refractivity contribution is 6.02. The number of rotatable bonds is 4. The van der Waals surface area contributed by atoms with Crippen LogP contribution >= 0.6 is 0 Å². The number of nitrogens with zero attached hydrogens (tertiary/aromatic N) is 7. The zero-order valence-electron chi connectivity index (χ0n) is 21.9. The second-order valence-corrected chi connectivity index (χ2v) is 10.8. The zero-order valence-corrected chi connectivity index (χ0v) is 21.9. The van der Waals surface area contributed by atoms with Gasteiger partial charge < -0.3 is 4.90 Å². The molecule has 192 valence electrons. The molecule has 0 aliphatic carbocycles. The van der Waals surface area contributed by atoms with Crippen LogP contribution in [0.1, 0.15) is 12.0 Å². The first-order chi connectivity index (χ1) is 19.2. The maximum absolute atomic E-state index is 5.19. The topological polar surface area (TPSA) is 78.2 Å². The van der Waals surface area contributed by atoms with E-state index in [1.165, 1.54) is 17.7 Å². The van der Waals surface area contributed by atoms with E-state index in [-0.39, 0.29) is 0 Å². The Bertz CT molecular complexity index is 1850. The number of pyridine rings is 1. The Labute approximate surface area is 225 Å². The van der Waals surface area contributed by atoms with Gasteiger partial charge >= 0.3 is 0 Å². The fourth-order valence-electron chi connectivity index (χ4n) is 6.59. The highest BCUT2D eigenvalue weighted by atomic mass is 15.3. The van der Waals surface area contributed by atoms with Crippen LogP contribution in [-0.2, 0) is 0 Å². The number of aromatic amines is 1. The predicted octanol–water partition coefficient (Wildman–Crippen LogP) is 5.20. The van der Waals surface area contributed by atoms with Gasteiger partial charge in [0.05, 0.1) is 23.0 Å². The van der Waals surface area contributed by atoms with Crippen LogP contribution in [0.15, 0.2) is 79.4 Å². The first-order valence-electron chi connectivity index (χ1n) is 13.4. The molecule has 8 rings (SSSR count). The average Bonchev–Trinajstić information content (AvgIpc) is 3.75. The Morgan fingerprint density at radius 1 is 0.923 bits per heavy atom. The summed E-state index contributed by atoms with van der Waals surface area (Å²) in [7, 11) is 2.25. The van der Waals surface area contributed by atoms with Crippen molar-refractivity contribution in [2.24, 2.45) is 0 Å². The fourth-order valence-corrected chi connectivity index (χ4v) is 6.59. The van der Waals surface area contributed by atoms with Crippen molar-refractivity contribution < 1.29 is 0 Å². The Balaban J connectivity index is 1.30. The van der Waals surface area contributed by atoms with E-state index in [1.807, 2.05) is 53.6 Å². The van der Waals surface area contributed by atoms with Crippen molar-refractivity contribution in [2.45, 2.75) is 25.4 Å². The second kappa shape index (κ2) is 8.47. The SMILES string of the molecule is Cc1cc(N2C[C@H]3C[C@@H]2CN3C)ccc1-c1ccnc2c(-c3cccc4[nH]ncc34)c(-c3ccncc3)nn12. The summed E-state index contributed by atoms with van der Waals surface area (Å²) < 4.78 is 2.00. The monoisotopic (exact) mass is 512 g/mol. The minimum atomic E-state index is 0.611. The zero-order chi connectivity index (χ0) is 26.1. The molecule has 1 N–H and O–H groups in total. The highest BCUT2D eigenvalue weighted by Gasteiger charge is 2.41. The largest absolute Gasteiger partial charge is 0.366 e. The molecule has 0 unspecified atom stereocenters. The van der Waals surface area contributed by atoms with E-state index in [0.29, 0.717) is 12.1 Å². The van der Waals surface area contributed by atoms with Gasteiger partial charge in [-0.3, -0.25) is 15.0 Å². The number of aromatic nitrogens is 6. The molecule has 2 atom stereocenters. The summed E-state index contributed by atoms with van der Waals surface area (Å²) in [6.45, 7) is 4.45. The molecule has 0 amide bonds. The van der Waals surface area contributed by atoms with Crippen LogP contribution in [0.4, 0.5) is 5.69 Å². The Morgan fingerprint density at radius 3 is 2.62 bits per heavy atom. The van der Waals surface area contributed by atoms with Crippen LogP contribution in [0, 0.1) is 6.92 Å². The van der Waals surface area contributed by atoms with Crippen molar-refractivity contribution in [3.05, 3.63) is 84.9 Å². The minimum absolute atomic E-state index is 0.611. The molecule has 8 heteroatoms. The number of fused-ring (bicyclic) bond motifs is 4. The van der Waals surface area contributed by atoms with E-state index in [9.17, 15) is 0 Å². The number of H-pyrrole nitrogens is 1. The maximum Gasteiger partial charge on any atom is 0.164 e. The molecular weight excluding hydrogens is 484 g/mol. The van der Waals surface area contributed by atoms with E-state index in [1.54, 1.807) is 0 Å². The summed E-state index contributed by atoms with van der Waals surface area (Å²) >= 11 is 0. The number of aryl methyl sites for hydroxylation is 1.